The summed E-state index contributed by atoms with van der Waals surface area (Å²) in [6, 6.07) is 7.93. The van der Waals surface area contributed by atoms with E-state index in [1.807, 2.05) is 24.3 Å². The van der Waals surface area contributed by atoms with Crippen molar-refractivity contribution in [2.24, 2.45) is 5.73 Å². The van der Waals surface area contributed by atoms with Crippen molar-refractivity contribution < 1.29 is 0 Å². The number of nitrogens with two attached hydrogens (primary N) is 1. The molecule has 0 radical (unpaired) electrons. The summed E-state index contributed by atoms with van der Waals surface area (Å²) in [5.74, 6) is 0. The van der Waals surface area contributed by atoms with Crippen molar-refractivity contribution in [1.82, 2.24) is 0 Å². The minimum absolute atomic E-state index is 0.0928. The van der Waals surface area contributed by atoms with Gasteiger partial charge in [-0.1, -0.05) is 56.0 Å². The third kappa shape index (κ3) is 3.32. The van der Waals surface area contributed by atoms with Crippen molar-refractivity contribution in [3.8, 4) is 0 Å². The molecular formula is C12H18ClN. The van der Waals surface area contributed by atoms with E-state index in [-0.39, 0.29) is 6.04 Å². The Bertz CT molecular complexity index is 273. The summed E-state index contributed by atoms with van der Waals surface area (Å²) in [5, 5.41) is 0.788. The van der Waals surface area contributed by atoms with Crippen molar-refractivity contribution >= 4 is 11.6 Å². The molecule has 0 saturated carbocycles. The van der Waals surface area contributed by atoms with Gasteiger partial charge in [0.1, 0.15) is 0 Å². The van der Waals surface area contributed by atoms with Gasteiger partial charge in [-0.3, -0.25) is 0 Å². The molecule has 1 aromatic rings. The molecule has 0 spiro atoms. The van der Waals surface area contributed by atoms with Crippen molar-refractivity contribution in [3.05, 3.63) is 34.9 Å². The fourth-order valence-electron chi connectivity index (χ4n) is 1.55. The van der Waals surface area contributed by atoms with Crippen molar-refractivity contribution in [2.75, 3.05) is 0 Å². The Balaban J connectivity index is 2.51. The molecule has 0 unspecified atom stereocenters. The SMILES string of the molecule is CCCCC[C@H](N)c1ccccc1Cl. The van der Waals surface area contributed by atoms with Crippen molar-refractivity contribution in [1.29, 1.82) is 0 Å². The minimum atomic E-state index is 0.0928. The van der Waals surface area contributed by atoms with Crippen LogP contribution in [-0.4, -0.2) is 0 Å². The van der Waals surface area contributed by atoms with Gasteiger partial charge >= 0.3 is 0 Å². The van der Waals surface area contributed by atoms with Gasteiger partial charge < -0.3 is 5.73 Å². The Kier molecular flexibility index (Phi) is 4.99. The maximum absolute atomic E-state index is 6.05. The Morgan fingerprint density at radius 1 is 1.29 bits per heavy atom. The van der Waals surface area contributed by atoms with Crippen LogP contribution in [0.25, 0.3) is 0 Å². The summed E-state index contributed by atoms with van der Waals surface area (Å²) in [4.78, 5) is 0. The van der Waals surface area contributed by atoms with Gasteiger partial charge in [-0.25, -0.2) is 0 Å². The highest BCUT2D eigenvalue weighted by Gasteiger charge is 2.08. The van der Waals surface area contributed by atoms with Gasteiger partial charge in [-0.05, 0) is 18.1 Å². The largest absolute Gasteiger partial charge is 0.324 e. The highest BCUT2D eigenvalue weighted by Crippen LogP contribution is 2.24. The maximum Gasteiger partial charge on any atom is 0.0453 e. The molecule has 1 atom stereocenters. The van der Waals surface area contributed by atoms with Crippen molar-refractivity contribution in [3.63, 3.8) is 0 Å². The molecule has 0 fully saturated rings. The lowest BCUT2D eigenvalue weighted by atomic mass is 10.0. The first-order chi connectivity index (χ1) is 6.75. The van der Waals surface area contributed by atoms with Crippen LogP contribution in [0.1, 0.15) is 44.2 Å². The molecule has 0 aliphatic heterocycles. The monoisotopic (exact) mass is 211 g/mol. The van der Waals surface area contributed by atoms with E-state index >= 15 is 0 Å². The molecule has 0 heterocycles. The summed E-state index contributed by atoms with van der Waals surface area (Å²) in [5.41, 5.74) is 7.13. The van der Waals surface area contributed by atoms with Gasteiger partial charge in [0.05, 0.1) is 0 Å². The van der Waals surface area contributed by atoms with Gasteiger partial charge in [0.2, 0.25) is 0 Å². The van der Waals surface area contributed by atoms with Gasteiger partial charge in [0.15, 0.2) is 0 Å². The highest BCUT2D eigenvalue weighted by atomic mass is 35.5. The summed E-state index contributed by atoms with van der Waals surface area (Å²) in [7, 11) is 0. The molecule has 1 rings (SSSR count). The Labute approximate surface area is 91.3 Å². The van der Waals surface area contributed by atoms with E-state index in [0.29, 0.717) is 0 Å². The molecule has 0 amide bonds. The number of halogens is 1. The molecule has 2 heteroatoms. The molecule has 0 aliphatic rings. The van der Waals surface area contributed by atoms with Crippen LogP contribution < -0.4 is 5.73 Å². The summed E-state index contributed by atoms with van der Waals surface area (Å²) in [6.07, 6.45) is 4.69. The van der Waals surface area contributed by atoms with Crippen LogP contribution in [0.15, 0.2) is 24.3 Å². The molecular weight excluding hydrogens is 194 g/mol. The van der Waals surface area contributed by atoms with Crippen LogP contribution in [0.3, 0.4) is 0 Å². The molecule has 78 valence electrons. The van der Waals surface area contributed by atoms with Crippen LogP contribution in [-0.2, 0) is 0 Å². The zero-order valence-electron chi connectivity index (χ0n) is 8.67. The number of rotatable bonds is 5. The van der Waals surface area contributed by atoms with E-state index in [0.717, 1.165) is 17.0 Å². The fourth-order valence-corrected chi connectivity index (χ4v) is 1.82. The average molecular weight is 212 g/mol. The normalized spacial score (nSPS) is 12.8. The second-order valence-corrected chi connectivity index (χ2v) is 4.03. The summed E-state index contributed by atoms with van der Waals surface area (Å²) < 4.78 is 0. The van der Waals surface area contributed by atoms with Gasteiger partial charge in [-0.15, -0.1) is 0 Å². The number of hydrogen-bond acceptors (Lipinski definition) is 1. The average Bonchev–Trinajstić information content (AvgIpc) is 2.18. The molecule has 0 saturated heterocycles. The lowest BCUT2D eigenvalue weighted by Crippen LogP contribution is -2.10. The first kappa shape index (κ1) is 11.5. The maximum atomic E-state index is 6.05. The van der Waals surface area contributed by atoms with Gasteiger partial charge in [-0.2, -0.15) is 0 Å². The number of hydrogen-bond donors (Lipinski definition) is 1. The minimum Gasteiger partial charge on any atom is -0.324 e. The van der Waals surface area contributed by atoms with Crippen LogP contribution in [0.5, 0.6) is 0 Å². The molecule has 0 aliphatic carbocycles. The van der Waals surface area contributed by atoms with Crippen molar-refractivity contribution in [2.45, 2.75) is 38.6 Å². The Morgan fingerprint density at radius 2 is 2.00 bits per heavy atom. The van der Waals surface area contributed by atoms with E-state index in [2.05, 4.69) is 6.92 Å². The first-order valence-electron chi connectivity index (χ1n) is 5.25. The second-order valence-electron chi connectivity index (χ2n) is 3.62. The third-order valence-electron chi connectivity index (χ3n) is 2.42. The number of benzene rings is 1. The van der Waals surface area contributed by atoms with E-state index in [4.69, 9.17) is 17.3 Å². The number of unbranched alkanes of at least 4 members (excludes halogenated alkanes) is 2. The zero-order valence-corrected chi connectivity index (χ0v) is 9.43. The fraction of sp³-hybridized carbons (Fsp3) is 0.500. The topological polar surface area (TPSA) is 26.0 Å². The van der Waals surface area contributed by atoms with E-state index in [1.54, 1.807) is 0 Å². The smallest absolute Gasteiger partial charge is 0.0453 e. The molecule has 0 aromatic heterocycles. The molecule has 2 N–H and O–H groups in total. The predicted molar refractivity (Wildman–Crippen MR) is 62.5 cm³/mol. The standard InChI is InChI=1S/C12H18ClN/c1-2-3-4-9-12(14)10-7-5-6-8-11(10)13/h5-8,12H,2-4,9,14H2,1H3/t12-/m0/s1. The lowest BCUT2D eigenvalue weighted by molar-refractivity contribution is 0.581. The highest BCUT2D eigenvalue weighted by molar-refractivity contribution is 6.31. The molecule has 1 nitrogen and oxygen atoms in total. The second kappa shape index (κ2) is 6.05. The van der Waals surface area contributed by atoms with Crippen LogP contribution in [0.2, 0.25) is 5.02 Å². The predicted octanol–water partition coefficient (Wildman–Crippen LogP) is 3.92. The molecule has 0 bridgehead atoms. The van der Waals surface area contributed by atoms with Crippen LogP contribution in [0.4, 0.5) is 0 Å². The summed E-state index contributed by atoms with van der Waals surface area (Å²) in [6.45, 7) is 2.20. The molecule has 14 heavy (non-hydrogen) atoms. The third-order valence-corrected chi connectivity index (χ3v) is 2.77. The molecule has 1 aromatic carbocycles. The van der Waals surface area contributed by atoms with Crippen LogP contribution >= 0.6 is 11.6 Å². The van der Waals surface area contributed by atoms with E-state index in [9.17, 15) is 0 Å². The van der Waals surface area contributed by atoms with Gasteiger partial charge in [0.25, 0.3) is 0 Å². The summed E-state index contributed by atoms with van der Waals surface area (Å²) >= 11 is 6.05. The van der Waals surface area contributed by atoms with Crippen LogP contribution in [0, 0.1) is 0 Å². The lowest BCUT2D eigenvalue weighted by Gasteiger charge is -2.12. The van der Waals surface area contributed by atoms with E-state index < -0.39 is 0 Å². The Morgan fingerprint density at radius 3 is 2.64 bits per heavy atom. The quantitative estimate of drug-likeness (QED) is 0.735. The first-order valence-corrected chi connectivity index (χ1v) is 5.63. The zero-order chi connectivity index (χ0) is 10.4. The van der Waals surface area contributed by atoms with Gasteiger partial charge in [0, 0.05) is 11.1 Å². The van der Waals surface area contributed by atoms with E-state index in [1.165, 1.54) is 19.3 Å². The Hall–Kier alpha value is -0.530.